The standard InChI is InChI=1S/C36H38N2O6/c1-41-33-18-28-16-17-38(21-29(28)19-34(33)42-2)22-31-20-32(25-10-8-24(23-39)9-11-25)44-36(43-31)27-12-14-30(15-13-27)37-35(40)26-6-4-3-5-7-26/h3-15,18-19,31-32,36,39H,16-17,20-23H2,1-2H3,(H,37,40)/t31-,32+,36+/m0/s1. The highest BCUT2D eigenvalue weighted by Gasteiger charge is 2.34. The van der Waals surface area contributed by atoms with Crippen LogP contribution in [0.15, 0.2) is 91.0 Å². The van der Waals surface area contributed by atoms with Crippen molar-refractivity contribution in [3.8, 4) is 11.5 Å². The van der Waals surface area contributed by atoms with Gasteiger partial charge in [0.25, 0.3) is 5.91 Å². The number of aliphatic hydroxyl groups is 1. The number of carbonyl (C=O) groups excluding carboxylic acids is 1. The molecule has 8 heteroatoms. The predicted molar refractivity (Wildman–Crippen MR) is 168 cm³/mol. The van der Waals surface area contributed by atoms with E-state index in [1.54, 1.807) is 26.4 Å². The molecule has 0 saturated carbocycles. The van der Waals surface area contributed by atoms with E-state index in [1.165, 1.54) is 11.1 Å². The summed E-state index contributed by atoms with van der Waals surface area (Å²) in [6, 6.07) is 28.9. The number of hydrogen-bond acceptors (Lipinski definition) is 7. The number of ether oxygens (including phenoxy) is 4. The van der Waals surface area contributed by atoms with Crippen molar-refractivity contribution in [2.24, 2.45) is 0 Å². The van der Waals surface area contributed by atoms with Gasteiger partial charge in [0, 0.05) is 42.9 Å². The van der Waals surface area contributed by atoms with Crippen LogP contribution in [0.4, 0.5) is 5.69 Å². The molecule has 2 aliphatic heterocycles. The van der Waals surface area contributed by atoms with E-state index in [0.29, 0.717) is 17.7 Å². The molecule has 4 aromatic rings. The Labute approximate surface area is 258 Å². The SMILES string of the molecule is COc1cc2c(cc1OC)CN(C[C@@H]1C[C@H](c3ccc(CO)cc3)O[C@H](c3ccc(NC(=O)c4ccccc4)cc3)O1)CC2. The summed E-state index contributed by atoms with van der Waals surface area (Å²) >= 11 is 0. The van der Waals surface area contributed by atoms with Crippen molar-refractivity contribution in [2.75, 3.05) is 32.6 Å². The highest BCUT2D eigenvalue weighted by Crippen LogP contribution is 2.39. The molecular weight excluding hydrogens is 556 g/mol. The van der Waals surface area contributed by atoms with Gasteiger partial charge in [0.15, 0.2) is 17.8 Å². The van der Waals surface area contributed by atoms with Gasteiger partial charge in [0.05, 0.1) is 33.0 Å². The first-order chi connectivity index (χ1) is 21.5. The third kappa shape index (κ3) is 6.79. The van der Waals surface area contributed by atoms with E-state index in [0.717, 1.165) is 54.2 Å². The van der Waals surface area contributed by atoms with Gasteiger partial charge in [0.1, 0.15) is 0 Å². The minimum Gasteiger partial charge on any atom is -0.493 e. The van der Waals surface area contributed by atoms with Gasteiger partial charge < -0.3 is 29.4 Å². The number of carbonyl (C=O) groups is 1. The van der Waals surface area contributed by atoms with Crippen LogP contribution in [0.25, 0.3) is 0 Å². The molecule has 0 aliphatic carbocycles. The molecule has 0 radical (unpaired) electrons. The zero-order valence-electron chi connectivity index (χ0n) is 25.1. The van der Waals surface area contributed by atoms with Gasteiger partial charge in [-0.2, -0.15) is 0 Å². The zero-order valence-corrected chi connectivity index (χ0v) is 25.1. The first-order valence-corrected chi connectivity index (χ1v) is 15.0. The van der Waals surface area contributed by atoms with Crippen LogP contribution >= 0.6 is 0 Å². The van der Waals surface area contributed by atoms with Crippen molar-refractivity contribution in [3.05, 3.63) is 124 Å². The first kappa shape index (κ1) is 29.8. The Morgan fingerprint density at radius 3 is 2.25 bits per heavy atom. The monoisotopic (exact) mass is 594 g/mol. The van der Waals surface area contributed by atoms with Crippen LogP contribution in [0, 0.1) is 0 Å². The number of nitrogens with one attached hydrogen (secondary N) is 1. The second kappa shape index (κ2) is 13.6. The van der Waals surface area contributed by atoms with Crippen LogP contribution in [0.5, 0.6) is 11.5 Å². The molecule has 0 bridgehead atoms. The van der Waals surface area contributed by atoms with Crippen LogP contribution in [-0.2, 0) is 29.0 Å². The van der Waals surface area contributed by atoms with Crippen molar-refractivity contribution in [3.63, 3.8) is 0 Å². The molecule has 0 spiro atoms. The minimum atomic E-state index is -0.573. The van der Waals surface area contributed by atoms with Crippen LogP contribution in [0.3, 0.4) is 0 Å². The van der Waals surface area contributed by atoms with Crippen LogP contribution in [0.1, 0.15) is 57.0 Å². The lowest BCUT2D eigenvalue weighted by atomic mass is 9.97. The summed E-state index contributed by atoms with van der Waals surface area (Å²) in [4.78, 5) is 15.1. The topological polar surface area (TPSA) is 89.5 Å². The van der Waals surface area contributed by atoms with Gasteiger partial charge in [0.2, 0.25) is 0 Å². The number of fused-ring (bicyclic) bond motifs is 1. The largest absolute Gasteiger partial charge is 0.493 e. The maximum atomic E-state index is 12.6. The summed E-state index contributed by atoms with van der Waals surface area (Å²) in [7, 11) is 3.33. The van der Waals surface area contributed by atoms with Gasteiger partial charge in [-0.1, -0.05) is 54.6 Å². The molecule has 0 unspecified atom stereocenters. The summed E-state index contributed by atoms with van der Waals surface area (Å²) in [5.41, 5.74) is 6.61. The quantitative estimate of drug-likeness (QED) is 0.244. The number of methoxy groups -OCH3 is 2. The average Bonchev–Trinajstić information content (AvgIpc) is 3.08. The fourth-order valence-electron chi connectivity index (χ4n) is 5.93. The summed E-state index contributed by atoms with van der Waals surface area (Å²) < 4.78 is 24.2. The lowest BCUT2D eigenvalue weighted by Gasteiger charge is -2.39. The van der Waals surface area contributed by atoms with Gasteiger partial charge in [-0.15, -0.1) is 0 Å². The van der Waals surface area contributed by atoms with E-state index in [4.69, 9.17) is 18.9 Å². The van der Waals surface area contributed by atoms with E-state index in [-0.39, 0.29) is 24.7 Å². The third-order valence-corrected chi connectivity index (χ3v) is 8.35. The molecule has 2 heterocycles. The molecule has 3 atom stereocenters. The molecule has 228 valence electrons. The second-order valence-corrected chi connectivity index (χ2v) is 11.3. The van der Waals surface area contributed by atoms with E-state index in [1.807, 2.05) is 66.7 Å². The van der Waals surface area contributed by atoms with Crippen molar-refractivity contribution in [1.29, 1.82) is 0 Å². The summed E-state index contributed by atoms with van der Waals surface area (Å²) in [6.45, 7) is 2.47. The zero-order chi connectivity index (χ0) is 30.5. The van der Waals surface area contributed by atoms with Crippen molar-refractivity contribution in [2.45, 2.75) is 44.5 Å². The molecule has 8 nitrogen and oxygen atoms in total. The fraction of sp³-hybridized carbons (Fsp3) is 0.306. The number of amides is 1. The van der Waals surface area contributed by atoms with Crippen molar-refractivity contribution in [1.82, 2.24) is 4.90 Å². The molecular formula is C36H38N2O6. The van der Waals surface area contributed by atoms with Crippen LogP contribution < -0.4 is 14.8 Å². The number of nitrogens with zero attached hydrogens (tertiary/aromatic N) is 1. The van der Waals surface area contributed by atoms with Gasteiger partial charge in [-0.3, -0.25) is 9.69 Å². The molecule has 1 saturated heterocycles. The normalized spacial score (nSPS) is 20.0. The Balaban J connectivity index is 1.19. The summed E-state index contributed by atoms with van der Waals surface area (Å²) in [5.74, 6) is 1.34. The Morgan fingerprint density at radius 2 is 1.57 bits per heavy atom. The highest BCUT2D eigenvalue weighted by atomic mass is 16.7. The van der Waals surface area contributed by atoms with Crippen molar-refractivity contribution < 1.29 is 28.8 Å². The average molecular weight is 595 g/mol. The lowest BCUT2D eigenvalue weighted by molar-refractivity contribution is -0.253. The molecule has 1 amide bonds. The third-order valence-electron chi connectivity index (χ3n) is 8.35. The Hall–Kier alpha value is -4.21. The van der Waals surface area contributed by atoms with Gasteiger partial charge >= 0.3 is 0 Å². The predicted octanol–water partition coefficient (Wildman–Crippen LogP) is 6.05. The molecule has 4 aromatic carbocycles. The fourth-order valence-corrected chi connectivity index (χ4v) is 5.93. The smallest absolute Gasteiger partial charge is 0.255 e. The molecule has 1 fully saturated rings. The number of rotatable bonds is 9. The van der Waals surface area contributed by atoms with E-state index >= 15 is 0 Å². The second-order valence-electron chi connectivity index (χ2n) is 11.3. The summed E-state index contributed by atoms with van der Waals surface area (Å²) in [6.07, 6.45) is 0.803. The van der Waals surface area contributed by atoms with Crippen LogP contribution in [0.2, 0.25) is 0 Å². The number of anilines is 1. The van der Waals surface area contributed by atoms with Crippen LogP contribution in [-0.4, -0.2) is 49.3 Å². The molecule has 6 rings (SSSR count). The molecule has 2 aliphatic rings. The number of aliphatic hydroxyl groups excluding tert-OH is 1. The minimum absolute atomic E-state index is 0.000415. The van der Waals surface area contributed by atoms with E-state index in [9.17, 15) is 9.90 Å². The highest BCUT2D eigenvalue weighted by molar-refractivity contribution is 6.04. The Bertz CT molecular complexity index is 1560. The maximum Gasteiger partial charge on any atom is 0.255 e. The first-order valence-electron chi connectivity index (χ1n) is 15.0. The number of hydrogen-bond donors (Lipinski definition) is 2. The van der Waals surface area contributed by atoms with E-state index in [2.05, 4.69) is 22.3 Å². The number of benzene rings is 4. The van der Waals surface area contributed by atoms with E-state index < -0.39 is 6.29 Å². The maximum absolute atomic E-state index is 12.6. The van der Waals surface area contributed by atoms with Gasteiger partial charge in [-0.25, -0.2) is 0 Å². The molecule has 2 N–H and O–H groups in total. The van der Waals surface area contributed by atoms with Gasteiger partial charge in [-0.05, 0) is 65.1 Å². The van der Waals surface area contributed by atoms with Crippen molar-refractivity contribution >= 4 is 11.6 Å². The lowest BCUT2D eigenvalue weighted by Crippen LogP contribution is -2.41. The Kier molecular flexibility index (Phi) is 9.23. The molecule has 44 heavy (non-hydrogen) atoms. The molecule has 0 aromatic heterocycles. The summed E-state index contributed by atoms with van der Waals surface area (Å²) in [5, 5.41) is 12.5. The Morgan fingerprint density at radius 1 is 0.886 bits per heavy atom.